The number of amides is 1. The van der Waals surface area contributed by atoms with Gasteiger partial charge in [0.25, 0.3) is 5.91 Å². The van der Waals surface area contributed by atoms with Gasteiger partial charge in [-0.3, -0.25) is 20.2 Å². The van der Waals surface area contributed by atoms with Gasteiger partial charge in [-0.2, -0.15) is 13.2 Å². The number of hydrazine groups is 1. The third-order valence-electron chi connectivity index (χ3n) is 3.49. The summed E-state index contributed by atoms with van der Waals surface area (Å²) in [5.41, 5.74) is 4.60. The van der Waals surface area contributed by atoms with Crippen molar-refractivity contribution in [3.05, 3.63) is 78.1 Å². The van der Waals surface area contributed by atoms with E-state index in [1.165, 1.54) is 53.5 Å². The van der Waals surface area contributed by atoms with Crippen molar-refractivity contribution >= 4 is 11.6 Å². The Labute approximate surface area is 145 Å². The number of halogens is 4. The largest absolute Gasteiger partial charge is 0.416 e. The van der Waals surface area contributed by atoms with E-state index in [1.54, 1.807) is 0 Å². The first kappa shape index (κ1) is 17.5. The molecule has 2 N–H and O–H groups in total. The highest BCUT2D eigenvalue weighted by atomic mass is 19.4. The molecule has 0 spiro atoms. The first-order valence-electron chi connectivity index (χ1n) is 7.36. The predicted molar refractivity (Wildman–Crippen MR) is 86.1 cm³/mol. The molecular formula is C17H12F4N4O. The molecule has 0 saturated heterocycles. The summed E-state index contributed by atoms with van der Waals surface area (Å²) in [6.07, 6.45) is -1.83. The fourth-order valence-electron chi connectivity index (χ4n) is 2.24. The summed E-state index contributed by atoms with van der Waals surface area (Å²) in [5, 5.41) is 0. The van der Waals surface area contributed by atoms with E-state index in [0.717, 1.165) is 12.1 Å². The van der Waals surface area contributed by atoms with Crippen LogP contribution >= 0.6 is 0 Å². The van der Waals surface area contributed by atoms with E-state index >= 15 is 0 Å². The van der Waals surface area contributed by atoms with E-state index in [0.29, 0.717) is 5.69 Å². The van der Waals surface area contributed by atoms with Gasteiger partial charge in [0.2, 0.25) is 0 Å². The summed E-state index contributed by atoms with van der Waals surface area (Å²) < 4.78 is 52.6. The molecule has 0 aliphatic carbocycles. The van der Waals surface area contributed by atoms with Crippen LogP contribution in [0.25, 0.3) is 5.69 Å². The van der Waals surface area contributed by atoms with Gasteiger partial charge in [0, 0.05) is 5.69 Å². The molecule has 0 aliphatic heterocycles. The van der Waals surface area contributed by atoms with Gasteiger partial charge < -0.3 is 0 Å². The van der Waals surface area contributed by atoms with E-state index in [2.05, 4.69) is 15.8 Å². The summed E-state index contributed by atoms with van der Waals surface area (Å²) in [6, 6.07) is 9.80. The first-order chi connectivity index (χ1) is 12.3. The second-order valence-corrected chi connectivity index (χ2v) is 5.28. The summed E-state index contributed by atoms with van der Waals surface area (Å²) >= 11 is 0. The monoisotopic (exact) mass is 364 g/mol. The third kappa shape index (κ3) is 3.82. The van der Waals surface area contributed by atoms with Crippen molar-refractivity contribution in [2.45, 2.75) is 6.18 Å². The summed E-state index contributed by atoms with van der Waals surface area (Å²) in [6.45, 7) is 0. The van der Waals surface area contributed by atoms with Crippen molar-refractivity contribution in [1.29, 1.82) is 0 Å². The van der Waals surface area contributed by atoms with Crippen LogP contribution in [-0.2, 0) is 6.18 Å². The molecule has 3 aromatic rings. The average molecular weight is 364 g/mol. The number of anilines is 1. The van der Waals surface area contributed by atoms with Gasteiger partial charge in [-0.05, 0) is 42.5 Å². The van der Waals surface area contributed by atoms with Crippen LogP contribution in [0.1, 0.15) is 16.1 Å². The lowest BCUT2D eigenvalue weighted by Crippen LogP contribution is -2.31. The second kappa shape index (κ2) is 6.87. The van der Waals surface area contributed by atoms with Crippen LogP contribution in [0.15, 0.2) is 61.1 Å². The van der Waals surface area contributed by atoms with Crippen molar-refractivity contribution in [2.24, 2.45) is 0 Å². The number of nitrogens with one attached hydrogen (secondary N) is 2. The van der Waals surface area contributed by atoms with Gasteiger partial charge >= 0.3 is 6.18 Å². The smallest absolute Gasteiger partial charge is 0.298 e. The maximum absolute atomic E-state index is 13.0. The minimum Gasteiger partial charge on any atom is -0.298 e. The number of nitrogens with zero attached hydrogens (tertiary/aromatic N) is 2. The third-order valence-corrected chi connectivity index (χ3v) is 3.49. The second-order valence-electron chi connectivity index (χ2n) is 5.28. The van der Waals surface area contributed by atoms with Gasteiger partial charge in [0.15, 0.2) is 0 Å². The topological polar surface area (TPSA) is 59.0 Å². The number of benzene rings is 2. The molecule has 0 fully saturated rings. The molecule has 1 amide bonds. The number of carbonyl (C=O) groups is 1. The van der Waals surface area contributed by atoms with Gasteiger partial charge in [-0.1, -0.05) is 6.07 Å². The minimum absolute atomic E-state index is 0.0704. The van der Waals surface area contributed by atoms with Crippen LogP contribution in [0.4, 0.5) is 23.2 Å². The summed E-state index contributed by atoms with van der Waals surface area (Å²) in [7, 11) is 0. The molecule has 0 atom stereocenters. The predicted octanol–water partition coefficient (Wildman–Crippen LogP) is 3.79. The van der Waals surface area contributed by atoms with Crippen molar-refractivity contribution in [3.8, 4) is 5.69 Å². The Morgan fingerprint density at radius 3 is 2.50 bits per heavy atom. The summed E-state index contributed by atoms with van der Waals surface area (Å²) in [4.78, 5) is 16.2. The van der Waals surface area contributed by atoms with Gasteiger partial charge in [0.1, 0.15) is 11.5 Å². The lowest BCUT2D eigenvalue weighted by molar-refractivity contribution is -0.137. The van der Waals surface area contributed by atoms with E-state index in [4.69, 9.17) is 0 Å². The van der Waals surface area contributed by atoms with Crippen molar-refractivity contribution in [3.63, 3.8) is 0 Å². The molecule has 1 heterocycles. The Bertz CT molecular complexity index is 919. The molecule has 9 heteroatoms. The summed E-state index contributed by atoms with van der Waals surface area (Å²) in [5.74, 6) is -1.05. The van der Waals surface area contributed by atoms with Crippen LogP contribution in [0.5, 0.6) is 0 Å². The Hall–Kier alpha value is -3.36. The normalized spacial score (nSPS) is 11.2. The maximum Gasteiger partial charge on any atom is 0.416 e. The van der Waals surface area contributed by atoms with Crippen molar-refractivity contribution in [1.82, 2.24) is 15.0 Å². The SMILES string of the molecule is O=C(NNc1cccc(C(F)(F)F)c1)c1cncn1-c1ccc(F)cc1. The Morgan fingerprint density at radius 2 is 1.81 bits per heavy atom. The van der Waals surface area contributed by atoms with Gasteiger partial charge in [0.05, 0.1) is 23.8 Å². The number of hydrogen-bond donors (Lipinski definition) is 2. The highest BCUT2D eigenvalue weighted by Crippen LogP contribution is 2.30. The van der Waals surface area contributed by atoms with Crippen LogP contribution in [0, 0.1) is 5.82 Å². The van der Waals surface area contributed by atoms with E-state index in [9.17, 15) is 22.4 Å². The average Bonchev–Trinajstić information content (AvgIpc) is 3.09. The number of rotatable bonds is 4. The van der Waals surface area contributed by atoms with Gasteiger partial charge in [-0.15, -0.1) is 0 Å². The molecule has 1 aromatic heterocycles. The minimum atomic E-state index is -4.48. The molecule has 0 aliphatic rings. The quantitative estimate of drug-likeness (QED) is 0.547. The molecular weight excluding hydrogens is 352 g/mol. The molecule has 26 heavy (non-hydrogen) atoms. The molecule has 0 bridgehead atoms. The maximum atomic E-state index is 13.0. The zero-order valence-corrected chi connectivity index (χ0v) is 13.1. The molecule has 0 radical (unpaired) electrons. The van der Waals surface area contributed by atoms with Crippen molar-refractivity contribution < 1.29 is 22.4 Å². The fraction of sp³-hybridized carbons (Fsp3) is 0.0588. The standard InChI is InChI=1S/C17H12F4N4O/c18-12-4-6-14(7-5-12)25-10-22-9-15(25)16(26)24-23-13-3-1-2-11(8-13)17(19,20)21/h1-10,23H,(H,24,26). The molecule has 0 unspecified atom stereocenters. The van der Waals surface area contributed by atoms with Crippen LogP contribution in [-0.4, -0.2) is 15.5 Å². The van der Waals surface area contributed by atoms with E-state index < -0.39 is 23.5 Å². The van der Waals surface area contributed by atoms with Crippen molar-refractivity contribution in [2.75, 3.05) is 5.43 Å². The number of aromatic nitrogens is 2. The highest BCUT2D eigenvalue weighted by Gasteiger charge is 2.30. The van der Waals surface area contributed by atoms with E-state index in [1.807, 2.05) is 0 Å². The molecule has 2 aromatic carbocycles. The van der Waals surface area contributed by atoms with Crippen LogP contribution < -0.4 is 10.9 Å². The molecule has 3 rings (SSSR count). The molecule has 0 saturated carbocycles. The van der Waals surface area contributed by atoms with Crippen LogP contribution in [0.2, 0.25) is 0 Å². The molecule has 5 nitrogen and oxygen atoms in total. The number of carbonyl (C=O) groups excluding carboxylic acids is 1. The lowest BCUT2D eigenvalue weighted by atomic mass is 10.2. The lowest BCUT2D eigenvalue weighted by Gasteiger charge is -2.12. The number of hydrogen-bond acceptors (Lipinski definition) is 3. The molecule has 134 valence electrons. The van der Waals surface area contributed by atoms with Crippen LogP contribution in [0.3, 0.4) is 0 Å². The fourth-order valence-corrected chi connectivity index (χ4v) is 2.24. The number of alkyl halides is 3. The Kier molecular flexibility index (Phi) is 4.61. The zero-order valence-electron chi connectivity index (χ0n) is 13.1. The highest BCUT2D eigenvalue weighted by molar-refractivity contribution is 5.93. The van der Waals surface area contributed by atoms with Gasteiger partial charge in [-0.25, -0.2) is 9.37 Å². The number of imidazole rings is 1. The van der Waals surface area contributed by atoms with E-state index in [-0.39, 0.29) is 11.4 Å². The Morgan fingerprint density at radius 1 is 1.08 bits per heavy atom. The first-order valence-corrected chi connectivity index (χ1v) is 7.36. The zero-order chi connectivity index (χ0) is 18.7. The Balaban J connectivity index is 1.74.